The van der Waals surface area contributed by atoms with Crippen LogP contribution in [0.3, 0.4) is 0 Å². The lowest BCUT2D eigenvalue weighted by Crippen LogP contribution is -2.19. The van der Waals surface area contributed by atoms with Crippen molar-refractivity contribution >= 4 is 73.8 Å². The van der Waals surface area contributed by atoms with Gasteiger partial charge < -0.3 is 20.7 Å². The molecule has 1 aromatic carbocycles. The van der Waals surface area contributed by atoms with Gasteiger partial charge in [-0.1, -0.05) is 23.5 Å². The number of aliphatic imine (C=N–C) groups is 1. The van der Waals surface area contributed by atoms with Gasteiger partial charge in [0, 0.05) is 24.2 Å². The van der Waals surface area contributed by atoms with E-state index in [1.807, 2.05) is 30.5 Å². The van der Waals surface area contributed by atoms with Crippen molar-refractivity contribution in [2.75, 3.05) is 5.32 Å². The van der Waals surface area contributed by atoms with Crippen molar-refractivity contribution in [1.82, 2.24) is 15.3 Å². The molecular weight excluding hydrogens is 426 g/mol. The number of rotatable bonds is 6. The van der Waals surface area contributed by atoms with Gasteiger partial charge in [0.2, 0.25) is 5.91 Å². The van der Waals surface area contributed by atoms with E-state index in [0.29, 0.717) is 20.1 Å². The number of amides is 2. The molecule has 30 heavy (non-hydrogen) atoms. The molecule has 4 N–H and O–H groups in total. The molecule has 0 bridgehead atoms. The van der Waals surface area contributed by atoms with Gasteiger partial charge in [0.15, 0.2) is 10.3 Å². The number of thiazole rings is 1. The number of aromatic amines is 1. The van der Waals surface area contributed by atoms with Gasteiger partial charge in [-0.15, -0.1) is 0 Å². The standard InChI is InChI=1S/C19H15N5O4S2/c25-14(4-5-15(26)27)23-18-21-9-11(29-18)8-13-17(28)24-19(30-13)22-12-3-1-2-10-6-7-20-16(10)12/h1-3,6-9,20H,4-5H2,(H,26,27)(H,21,23,25)(H,22,24,28). The number of anilines is 1. The number of carbonyl (C=O) groups excluding carboxylic acids is 2. The van der Waals surface area contributed by atoms with Gasteiger partial charge in [-0.3, -0.25) is 14.4 Å². The first-order valence-electron chi connectivity index (χ1n) is 8.81. The van der Waals surface area contributed by atoms with Crippen LogP contribution >= 0.6 is 23.1 Å². The fraction of sp³-hybridized carbons (Fsp3) is 0.105. The minimum absolute atomic E-state index is 0.128. The first kappa shape index (κ1) is 19.9. The maximum Gasteiger partial charge on any atom is 0.303 e. The summed E-state index contributed by atoms with van der Waals surface area (Å²) >= 11 is 2.40. The molecule has 3 heterocycles. The fourth-order valence-corrected chi connectivity index (χ4v) is 4.37. The van der Waals surface area contributed by atoms with E-state index < -0.39 is 11.9 Å². The van der Waals surface area contributed by atoms with E-state index in [1.54, 1.807) is 6.08 Å². The molecule has 1 aliphatic heterocycles. The number of carboxylic acid groups (broad SMARTS) is 1. The number of aromatic nitrogens is 2. The summed E-state index contributed by atoms with van der Waals surface area (Å²) in [5, 5.41) is 15.8. The first-order valence-corrected chi connectivity index (χ1v) is 10.4. The Hall–Kier alpha value is -3.44. The number of amidine groups is 1. The molecule has 1 fully saturated rings. The number of nitrogens with zero attached hydrogens (tertiary/aromatic N) is 2. The molecule has 0 atom stereocenters. The predicted molar refractivity (Wildman–Crippen MR) is 117 cm³/mol. The molecule has 2 amide bonds. The summed E-state index contributed by atoms with van der Waals surface area (Å²) in [7, 11) is 0. The minimum atomic E-state index is -1.04. The van der Waals surface area contributed by atoms with Crippen molar-refractivity contribution in [2.45, 2.75) is 12.8 Å². The molecule has 0 aliphatic carbocycles. The molecule has 3 aromatic rings. The Bertz CT molecular complexity index is 1210. The molecule has 1 aliphatic rings. The van der Waals surface area contributed by atoms with E-state index in [9.17, 15) is 14.4 Å². The Kier molecular flexibility index (Phi) is 5.63. The molecule has 0 radical (unpaired) electrons. The van der Waals surface area contributed by atoms with Crippen LogP contribution in [0.15, 0.2) is 46.6 Å². The molecule has 0 saturated carbocycles. The van der Waals surface area contributed by atoms with Crippen LogP contribution in [0.2, 0.25) is 0 Å². The van der Waals surface area contributed by atoms with Crippen molar-refractivity contribution in [1.29, 1.82) is 0 Å². The number of H-pyrrole nitrogens is 1. The number of thioether (sulfide) groups is 1. The highest BCUT2D eigenvalue weighted by Crippen LogP contribution is 2.32. The Morgan fingerprint density at radius 2 is 2.13 bits per heavy atom. The summed E-state index contributed by atoms with van der Waals surface area (Å²) in [6.07, 6.45) is 4.66. The van der Waals surface area contributed by atoms with Crippen molar-refractivity contribution in [3.05, 3.63) is 46.4 Å². The molecule has 11 heteroatoms. The van der Waals surface area contributed by atoms with Crippen LogP contribution in [0.1, 0.15) is 17.7 Å². The van der Waals surface area contributed by atoms with Crippen LogP contribution in [0.25, 0.3) is 17.0 Å². The Labute approximate surface area is 178 Å². The normalized spacial score (nSPS) is 16.3. The van der Waals surface area contributed by atoms with Crippen molar-refractivity contribution in [3.63, 3.8) is 0 Å². The summed E-state index contributed by atoms with van der Waals surface area (Å²) in [6, 6.07) is 7.69. The highest BCUT2D eigenvalue weighted by atomic mass is 32.2. The average molecular weight is 441 g/mol. The summed E-state index contributed by atoms with van der Waals surface area (Å²) in [5.41, 5.74) is 1.62. The topological polar surface area (TPSA) is 137 Å². The maximum atomic E-state index is 12.3. The molecule has 0 spiro atoms. The molecule has 9 nitrogen and oxygen atoms in total. The van der Waals surface area contributed by atoms with Crippen molar-refractivity contribution < 1.29 is 19.5 Å². The van der Waals surface area contributed by atoms with Crippen LogP contribution in [-0.2, 0) is 14.4 Å². The van der Waals surface area contributed by atoms with Crippen LogP contribution < -0.4 is 10.6 Å². The summed E-state index contributed by atoms with van der Waals surface area (Å²) in [4.78, 5) is 47.4. The molecule has 0 unspecified atom stereocenters. The summed E-state index contributed by atoms with van der Waals surface area (Å²) < 4.78 is 0. The average Bonchev–Trinajstić information content (AvgIpc) is 3.42. The van der Waals surface area contributed by atoms with E-state index >= 15 is 0 Å². The van der Waals surface area contributed by atoms with Gasteiger partial charge in [0.25, 0.3) is 5.91 Å². The van der Waals surface area contributed by atoms with Gasteiger partial charge in [0.05, 0.1) is 27.4 Å². The predicted octanol–water partition coefficient (Wildman–Crippen LogP) is 3.32. The zero-order valence-electron chi connectivity index (χ0n) is 15.3. The number of nitrogens with one attached hydrogen (secondary N) is 3. The quantitative estimate of drug-likeness (QED) is 0.433. The molecule has 4 rings (SSSR count). The lowest BCUT2D eigenvalue weighted by molar-refractivity contribution is -0.138. The maximum absolute atomic E-state index is 12.3. The third-order valence-electron chi connectivity index (χ3n) is 4.05. The minimum Gasteiger partial charge on any atom is -0.481 e. The smallest absolute Gasteiger partial charge is 0.303 e. The van der Waals surface area contributed by atoms with Gasteiger partial charge in [0.1, 0.15) is 0 Å². The second-order valence-corrected chi connectivity index (χ2v) is 8.30. The summed E-state index contributed by atoms with van der Waals surface area (Å²) in [5.74, 6) is -1.73. The van der Waals surface area contributed by atoms with Gasteiger partial charge in [-0.05, 0) is 30.0 Å². The lowest BCUT2D eigenvalue weighted by Gasteiger charge is -1.98. The Morgan fingerprint density at radius 1 is 1.27 bits per heavy atom. The number of hydrogen-bond acceptors (Lipinski definition) is 7. The summed E-state index contributed by atoms with van der Waals surface area (Å²) in [6.45, 7) is 0. The third-order valence-corrected chi connectivity index (χ3v) is 5.82. The number of carboxylic acids is 1. The zero-order chi connectivity index (χ0) is 21.1. The van der Waals surface area contributed by atoms with Gasteiger partial charge in [-0.25, -0.2) is 9.98 Å². The number of fused-ring (bicyclic) bond motifs is 1. The highest BCUT2D eigenvalue weighted by Gasteiger charge is 2.24. The Balaban J connectivity index is 1.46. The first-order chi connectivity index (χ1) is 14.5. The number of carbonyl (C=O) groups is 3. The van der Waals surface area contributed by atoms with Gasteiger partial charge in [-0.2, -0.15) is 0 Å². The van der Waals surface area contributed by atoms with E-state index in [4.69, 9.17) is 5.11 Å². The van der Waals surface area contributed by atoms with Crippen LogP contribution in [0.5, 0.6) is 0 Å². The third kappa shape index (κ3) is 4.58. The van der Waals surface area contributed by atoms with Crippen LogP contribution in [0, 0.1) is 0 Å². The zero-order valence-corrected chi connectivity index (χ0v) is 17.0. The monoisotopic (exact) mass is 441 g/mol. The molecule has 152 valence electrons. The van der Waals surface area contributed by atoms with Crippen molar-refractivity contribution in [2.24, 2.45) is 4.99 Å². The van der Waals surface area contributed by atoms with E-state index in [0.717, 1.165) is 16.6 Å². The number of para-hydroxylation sites is 1. The van der Waals surface area contributed by atoms with E-state index in [2.05, 4.69) is 25.6 Å². The molecular formula is C19H15N5O4S2. The molecule has 2 aromatic heterocycles. The second-order valence-electron chi connectivity index (χ2n) is 6.21. The highest BCUT2D eigenvalue weighted by molar-refractivity contribution is 8.18. The largest absolute Gasteiger partial charge is 0.481 e. The van der Waals surface area contributed by atoms with E-state index in [1.165, 1.54) is 29.3 Å². The number of hydrogen-bond donors (Lipinski definition) is 4. The van der Waals surface area contributed by atoms with Crippen LogP contribution in [0.4, 0.5) is 10.8 Å². The van der Waals surface area contributed by atoms with Crippen LogP contribution in [-0.4, -0.2) is 38.0 Å². The van der Waals surface area contributed by atoms with E-state index in [-0.39, 0.29) is 18.7 Å². The van der Waals surface area contributed by atoms with Gasteiger partial charge >= 0.3 is 5.97 Å². The lowest BCUT2D eigenvalue weighted by atomic mass is 10.2. The number of aliphatic carboxylic acids is 1. The fourth-order valence-electron chi connectivity index (χ4n) is 2.69. The Morgan fingerprint density at radius 3 is 2.97 bits per heavy atom. The second kappa shape index (κ2) is 8.51. The number of benzene rings is 1. The SMILES string of the molecule is O=C(O)CCC(=O)Nc1ncc(C=C2SC(=Nc3cccc4cc[nH]c34)NC2=O)s1. The van der Waals surface area contributed by atoms with Crippen molar-refractivity contribution in [3.8, 4) is 0 Å². The molecule has 1 saturated heterocycles.